The first-order valence-electron chi connectivity index (χ1n) is 4.77. The SMILES string of the molecule is C=CN1Cc2nncn2-c2ccccc21. The summed E-state index contributed by atoms with van der Waals surface area (Å²) in [5.74, 6) is 0.939. The molecule has 0 unspecified atom stereocenters. The molecule has 3 rings (SSSR count). The van der Waals surface area contributed by atoms with Gasteiger partial charge in [-0.25, -0.2) is 0 Å². The number of hydrogen-bond acceptors (Lipinski definition) is 3. The van der Waals surface area contributed by atoms with Crippen LogP contribution in [0.3, 0.4) is 0 Å². The van der Waals surface area contributed by atoms with Crippen LogP contribution < -0.4 is 4.90 Å². The van der Waals surface area contributed by atoms with E-state index < -0.39 is 0 Å². The maximum Gasteiger partial charge on any atom is 0.157 e. The molecule has 0 saturated carbocycles. The van der Waals surface area contributed by atoms with Crippen LogP contribution in [0.15, 0.2) is 43.4 Å². The van der Waals surface area contributed by atoms with E-state index in [-0.39, 0.29) is 0 Å². The van der Waals surface area contributed by atoms with Crippen molar-refractivity contribution in [1.29, 1.82) is 0 Å². The van der Waals surface area contributed by atoms with Crippen molar-refractivity contribution in [2.24, 2.45) is 0 Å². The van der Waals surface area contributed by atoms with Crippen LogP contribution >= 0.6 is 0 Å². The van der Waals surface area contributed by atoms with Crippen LogP contribution in [0.5, 0.6) is 0 Å². The summed E-state index contributed by atoms with van der Waals surface area (Å²) in [6.45, 7) is 4.53. The topological polar surface area (TPSA) is 34.0 Å². The Morgan fingerprint density at radius 3 is 2.87 bits per heavy atom. The van der Waals surface area contributed by atoms with Gasteiger partial charge in [0.1, 0.15) is 6.33 Å². The van der Waals surface area contributed by atoms with Gasteiger partial charge in [-0.3, -0.25) is 4.57 Å². The van der Waals surface area contributed by atoms with Crippen LogP contribution in [-0.4, -0.2) is 14.8 Å². The molecule has 1 aromatic carbocycles. The Morgan fingerprint density at radius 2 is 2.07 bits per heavy atom. The minimum Gasteiger partial charge on any atom is -0.339 e. The number of benzene rings is 1. The van der Waals surface area contributed by atoms with Crippen molar-refractivity contribution in [1.82, 2.24) is 14.8 Å². The van der Waals surface area contributed by atoms with Gasteiger partial charge in [-0.15, -0.1) is 10.2 Å². The predicted molar refractivity (Wildman–Crippen MR) is 57.7 cm³/mol. The molecule has 0 bridgehead atoms. The van der Waals surface area contributed by atoms with E-state index in [1.165, 1.54) is 0 Å². The summed E-state index contributed by atoms with van der Waals surface area (Å²) in [6.07, 6.45) is 3.56. The largest absolute Gasteiger partial charge is 0.339 e. The van der Waals surface area contributed by atoms with Gasteiger partial charge in [0.05, 0.1) is 17.9 Å². The molecule has 0 aliphatic carbocycles. The van der Waals surface area contributed by atoms with Crippen LogP contribution in [0.25, 0.3) is 5.69 Å². The monoisotopic (exact) mass is 198 g/mol. The molecular formula is C11H10N4. The van der Waals surface area contributed by atoms with E-state index in [1.54, 1.807) is 6.33 Å². The van der Waals surface area contributed by atoms with Crippen molar-refractivity contribution < 1.29 is 0 Å². The minimum absolute atomic E-state index is 0.723. The Kier molecular flexibility index (Phi) is 1.62. The molecule has 1 aliphatic rings. The number of para-hydroxylation sites is 2. The van der Waals surface area contributed by atoms with E-state index in [0.717, 1.165) is 23.7 Å². The Hall–Kier alpha value is -2.10. The van der Waals surface area contributed by atoms with Crippen molar-refractivity contribution in [2.75, 3.05) is 4.90 Å². The van der Waals surface area contributed by atoms with Gasteiger partial charge in [-0.05, 0) is 18.3 Å². The smallest absolute Gasteiger partial charge is 0.157 e. The molecule has 2 heterocycles. The molecule has 0 amide bonds. The lowest BCUT2D eigenvalue weighted by Gasteiger charge is -2.27. The molecule has 0 radical (unpaired) electrons. The lowest BCUT2D eigenvalue weighted by atomic mass is 10.2. The van der Waals surface area contributed by atoms with E-state index >= 15 is 0 Å². The summed E-state index contributed by atoms with van der Waals surface area (Å²) >= 11 is 0. The van der Waals surface area contributed by atoms with Crippen molar-refractivity contribution in [3.05, 3.63) is 49.2 Å². The number of aromatic nitrogens is 3. The van der Waals surface area contributed by atoms with Gasteiger partial charge in [-0.2, -0.15) is 0 Å². The Labute approximate surface area is 87.5 Å². The quantitative estimate of drug-likeness (QED) is 0.699. The maximum atomic E-state index is 4.08. The zero-order chi connectivity index (χ0) is 10.3. The molecule has 4 nitrogen and oxygen atoms in total. The molecule has 0 fully saturated rings. The maximum absolute atomic E-state index is 4.08. The third kappa shape index (κ3) is 1.08. The average Bonchev–Trinajstić information content (AvgIpc) is 2.76. The third-order valence-electron chi connectivity index (χ3n) is 2.60. The van der Waals surface area contributed by atoms with E-state index in [4.69, 9.17) is 0 Å². The Bertz CT molecular complexity index is 515. The minimum atomic E-state index is 0.723. The summed E-state index contributed by atoms with van der Waals surface area (Å²) in [7, 11) is 0. The molecular weight excluding hydrogens is 188 g/mol. The molecule has 74 valence electrons. The third-order valence-corrected chi connectivity index (χ3v) is 2.60. The van der Waals surface area contributed by atoms with Gasteiger partial charge in [-0.1, -0.05) is 18.7 Å². The first-order chi connectivity index (χ1) is 7.40. The van der Waals surface area contributed by atoms with Crippen LogP contribution in [-0.2, 0) is 6.54 Å². The summed E-state index contributed by atoms with van der Waals surface area (Å²) in [4.78, 5) is 2.07. The normalized spacial score (nSPS) is 13.2. The molecule has 4 heteroatoms. The number of fused-ring (bicyclic) bond motifs is 3. The fourth-order valence-corrected chi connectivity index (χ4v) is 1.88. The first-order valence-corrected chi connectivity index (χ1v) is 4.77. The molecule has 0 saturated heterocycles. The summed E-state index contributed by atoms with van der Waals surface area (Å²) in [6, 6.07) is 8.15. The highest BCUT2D eigenvalue weighted by molar-refractivity contribution is 5.66. The van der Waals surface area contributed by atoms with Crippen LogP contribution in [0.1, 0.15) is 5.82 Å². The predicted octanol–water partition coefficient (Wildman–Crippen LogP) is 1.73. The molecule has 0 N–H and O–H groups in total. The van der Waals surface area contributed by atoms with E-state index in [2.05, 4.69) is 33.8 Å². The number of anilines is 1. The van der Waals surface area contributed by atoms with Crippen LogP contribution in [0.2, 0.25) is 0 Å². The molecule has 1 aliphatic heterocycles. The zero-order valence-corrected chi connectivity index (χ0v) is 8.17. The second-order valence-corrected chi connectivity index (χ2v) is 3.42. The van der Waals surface area contributed by atoms with Crippen molar-refractivity contribution in [2.45, 2.75) is 6.54 Å². The van der Waals surface area contributed by atoms with Gasteiger partial charge < -0.3 is 4.90 Å². The highest BCUT2D eigenvalue weighted by Gasteiger charge is 2.20. The van der Waals surface area contributed by atoms with E-state index in [1.807, 2.05) is 22.9 Å². The van der Waals surface area contributed by atoms with Gasteiger partial charge in [0.15, 0.2) is 5.82 Å². The molecule has 1 aromatic heterocycles. The highest BCUT2D eigenvalue weighted by atomic mass is 15.3. The van der Waals surface area contributed by atoms with Gasteiger partial charge in [0.25, 0.3) is 0 Å². The summed E-state index contributed by atoms with van der Waals surface area (Å²) < 4.78 is 2.01. The van der Waals surface area contributed by atoms with Crippen LogP contribution in [0, 0.1) is 0 Å². The second-order valence-electron chi connectivity index (χ2n) is 3.42. The van der Waals surface area contributed by atoms with Crippen molar-refractivity contribution >= 4 is 5.69 Å². The summed E-state index contributed by atoms with van der Waals surface area (Å²) in [5.41, 5.74) is 2.24. The Balaban J connectivity index is 2.28. The lowest BCUT2D eigenvalue weighted by Crippen LogP contribution is -2.24. The Morgan fingerprint density at radius 1 is 1.27 bits per heavy atom. The first kappa shape index (κ1) is 8.23. The van der Waals surface area contributed by atoms with E-state index in [9.17, 15) is 0 Å². The number of rotatable bonds is 1. The van der Waals surface area contributed by atoms with Gasteiger partial charge >= 0.3 is 0 Å². The van der Waals surface area contributed by atoms with Gasteiger partial charge in [0.2, 0.25) is 0 Å². The fourth-order valence-electron chi connectivity index (χ4n) is 1.88. The van der Waals surface area contributed by atoms with E-state index in [0.29, 0.717) is 0 Å². The lowest BCUT2D eigenvalue weighted by molar-refractivity contribution is 0.792. The molecule has 15 heavy (non-hydrogen) atoms. The zero-order valence-electron chi connectivity index (χ0n) is 8.17. The fraction of sp³-hybridized carbons (Fsp3) is 0.0909. The van der Waals surface area contributed by atoms with Crippen molar-refractivity contribution in [3.8, 4) is 5.69 Å². The second kappa shape index (κ2) is 2.95. The van der Waals surface area contributed by atoms with Gasteiger partial charge in [0, 0.05) is 0 Å². The number of nitrogens with zero attached hydrogens (tertiary/aromatic N) is 4. The molecule has 0 atom stereocenters. The van der Waals surface area contributed by atoms with Crippen molar-refractivity contribution in [3.63, 3.8) is 0 Å². The summed E-state index contributed by atoms with van der Waals surface area (Å²) in [5, 5.41) is 8.00. The van der Waals surface area contributed by atoms with Crippen LogP contribution in [0.4, 0.5) is 5.69 Å². The number of hydrogen-bond donors (Lipinski definition) is 0. The standard InChI is InChI=1S/C11H10N4/c1-2-14-7-11-13-12-8-15(11)10-6-4-3-5-9(10)14/h2-6,8H,1,7H2. The average molecular weight is 198 g/mol. The molecule has 2 aromatic rings. The highest BCUT2D eigenvalue weighted by Crippen LogP contribution is 2.30. The molecule has 0 spiro atoms.